The summed E-state index contributed by atoms with van der Waals surface area (Å²) in [5.41, 5.74) is 2.28. The van der Waals surface area contributed by atoms with E-state index in [4.69, 9.17) is 4.74 Å². The molecule has 0 unspecified atom stereocenters. The molecule has 0 radical (unpaired) electrons. The van der Waals surface area contributed by atoms with E-state index in [0.717, 1.165) is 15.7 Å². The average molecular weight is 459 g/mol. The highest BCUT2D eigenvalue weighted by Crippen LogP contribution is 2.20. The van der Waals surface area contributed by atoms with Crippen molar-refractivity contribution in [2.45, 2.75) is 13.2 Å². The van der Waals surface area contributed by atoms with Crippen LogP contribution in [0, 0.1) is 10.1 Å². The van der Waals surface area contributed by atoms with E-state index >= 15 is 0 Å². The summed E-state index contributed by atoms with van der Waals surface area (Å²) >= 11 is 3.44. The standard InChI is InChI=1S/C20H19BrN4O4/c1-23(12-19-18(21)11-22-24(19)2)20(26)15-5-3-4-14(10-15)13-29-17-8-6-16(7-9-17)25(27)28/h3-11H,12-13H2,1-2H3. The normalized spacial score (nSPS) is 10.6. The monoisotopic (exact) mass is 458 g/mol. The highest BCUT2D eigenvalue weighted by Gasteiger charge is 2.16. The van der Waals surface area contributed by atoms with Gasteiger partial charge < -0.3 is 9.64 Å². The van der Waals surface area contributed by atoms with E-state index in [1.165, 1.54) is 12.1 Å². The second kappa shape index (κ2) is 8.87. The molecule has 0 fully saturated rings. The predicted molar refractivity (Wildman–Crippen MR) is 111 cm³/mol. The van der Waals surface area contributed by atoms with Crippen molar-refractivity contribution in [2.75, 3.05) is 7.05 Å². The van der Waals surface area contributed by atoms with Crippen molar-refractivity contribution in [3.05, 3.63) is 86.1 Å². The van der Waals surface area contributed by atoms with Gasteiger partial charge in [0.05, 0.1) is 27.8 Å². The van der Waals surface area contributed by atoms with E-state index in [-0.39, 0.29) is 18.2 Å². The molecule has 3 aromatic rings. The van der Waals surface area contributed by atoms with Crippen LogP contribution in [0.5, 0.6) is 5.75 Å². The fourth-order valence-electron chi connectivity index (χ4n) is 2.76. The molecule has 0 bridgehead atoms. The Labute approximate surface area is 176 Å². The van der Waals surface area contributed by atoms with Crippen LogP contribution in [0.15, 0.2) is 59.2 Å². The number of carbonyl (C=O) groups excluding carboxylic acids is 1. The quantitative estimate of drug-likeness (QED) is 0.394. The molecule has 150 valence electrons. The number of hydrogen-bond acceptors (Lipinski definition) is 5. The second-order valence-corrected chi connectivity index (χ2v) is 7.32. The first-order valence-electron chi connectivity index (χ1n) is 8.73. The van der Waals surface area contributed by atoms with Gasteiger partial charge in [-0.15, -0.1) is 0 Å². The molecule has 3 rings (SSSR count). The lowest BCUT2D eigenvalue weighted by Gasteiger charge is -2.18. The lowest BCUT2D eigenvalue weighted by atomic mass is 10.1. The highest BCUT2D eigenvalue weighted by atomic mass is 79.9. The fourth-order valence-corrected chi connectivity index (χ4v) is 3.23. The molecule has 0 N–H and O–H groups in total. The Hall–Kier alpha value is -3.20. The van der Waals surface area contributed by atoms with Gasteiger partial charge in [-0.3, -0.25) is 19.6 Å². The third-order valence-corrected chi connectivity index (χ3v) is 5.03. The number of aromatic nitrogens is 2. The van der Waals surface area contributed by atoms with Gasteiger partial charge in [-0.25, -0.2) is 0 Å². The molecule has 29 heavy (non-hydrogen) atoms. The van der Waals surface area contributed by atoms with Crippen molar-refractivity contribution in [1.29, 1.82) is 0 Å². The first-order valence-corrected chi connectivity index (χ1v) is 9.52. The summed E-state index contributed by atoms with van der Waals surface area (Å²) in [6.07, 6.45) is 1.70. The highest BCUT2D eigenvalue weighted by molar-refractivity contribution is 9.10. The minimum atomic E-state index is -0.459. The van der Waals surface area contributed by atoms with E-state index in [1.807, 2.05) is 13.1 Å². The zero-order chi connectivity index (χ0) is 21.0. The van der Waals surface area contributed by atoms with E-state index in [1.54, 1.807) is 53.2 Å². The van der Waals surface area contributed by atoms with Crippen LogP contribution in [0.25, 0.3) is 0 Å². The number of carbonyl (C=O) groups is 1. The Morgan fingerprint density at radius 3 is 2.62 bits per heavy atom. The van der Waals surface area contributed by atoms with Crippen molar-refractivity contribution in [3.63, 3.8) is 0 Å². The first-order chi connectivity index (χ1) is 13.8. The number of benzene rings is 2. The van der Waals surface area contributed by atoms with Crippen molar-refractivity contribution < 1.29 is 14.5 Å². The molecule has 8 nitrogen and oxygen atoms in total. The van der Waals surface area contributed by atoms with Crippen molar-refractivity contribution in [1.82, 2.24) is 14.7 Å². The van der Waals surface area contributed by atoms with E-state index in [9.17, 15) is 14.9 Å². The van der Waals surface area contributed by atoms with Gasteiger partial charge in [0.15, 0.2) is 0 Å². The van der Waals surface area contributed by atoms with Crippen LogP contribution in [-0.2, 0) is 20.2 Å². The molecule has 0 spiro atoms. The summed E-state index contributed by atoms with van der Waals surface area (Å²) in [7, 11) is 3.57. The number of rotatable bonds is 7. The van der Waals surface area contributed by atoms with Crippen molar-refractivity contribution in [3.8, 4) is 5.75 Å². The number of halogens is 1. The van der Waals surface area contributed by atoms with Crippen molar-refractivity contribution in [2.24, 2.45) is 7.05 Å². The molecule has 1 amide bonds. The van der Waals surface area contributed by atoms with Gasteiger partial charge in [0.1, 0.15) is 12.4 Å². The largest absolute Gasteiger partial charge is 0.489 e. The third-order valence-electron chi connectivity index (χ3n) is 4.37. The number of ether oxygens (including phenoxy) is 1. The third kappa shape index (κ3) is 5.00. The Bertz CT molecular complexity index is 1010. The maximum atomic E-state index is 12.8. The van der Waals surface area contributed by atoms with Crippen LogP contribution in [0.4, 0.5) is 5.69 Å². The second-order valence-electron chi connectivity index (χ2n) is 6.46. The molecule has 0 aliphatic rings. The molecule has 0 aliphatic heterocycles. The Morgan fingerprint density at radius 2 is 2.00 bits per heavy atom. The van der Waals surface area contributed by atoms with E-state index in [2.05, 4.69) is 21.0 Å². The lowest BCUT2D eigenvalue weighted by Crippen LogP contribution is -2.27. The summed E-state index contributed by atoms with van der Waals surface area (Å²) in [4.78, 5) is 24.7. The van der Waals surface area contributed by atoms with Gasteiger partial charge >= 0.3 is 0 Å². The first kappa shape index (κ1) is 20.5. The van der Waals surface area contributed by atoms with Crippen LogP contribution >= 0.6 is 15.9 Å². The molecule has 9 heteroatoms. The molecule has 0 aliphatic carbocycles. The molecule has 1 heterocycles. The number of aryl methyl sites for hydroxylation is 1. The average Bonchev–Trinajstić information content (AvgIpc) is 3.04. The number of non-ortho nitro benzene ring substituents is 1. The Balaban J connectivity index is 1.65. The summed E-state index contributed by atoms with van der Waals surface area (Å²) in [5, 5.41) is 14.9. The zero-order valence-corrected chi connectivity index (χ0v) is 17.5. The van der Waals surface area contributed by atoms with Gasteiger partial charge in [0.2, 0.25) is 0 Å². The molecule has 0 atom stereocenters. The predicted octanol–water partition coefficient (Wildman–Crippen LogP) is 3.94. The van der Waals surface area contributed by atoms with Crippen LogP contribution < -0.4 is 4.74 Å². The number of nitrogens with zero attached hydrogens (tertiary/aromatic N) is 4. The maximum Gasteiger partial charge on any atom is 0.269 e. The van der Waals surface area contributed by atoms with Crippen molar-refractivity contribution >= 4 is 27.5 Å². The summed E-state index contributed by atoms with van der Waals surface area (Å²) < 4.78 is 8.25. The summed E-state index contributed by atoms with van der Waals surface area (Å²) in [6.45, 7) is 0.662. The van der Waals surface area contributed by atoms with Gasteiger partial charge in [-0.1, -0.05) is 12.1 Å². The van der Waals surface area contributed by atoms with Crippen LogP contribution in [0.3, 0.4) is 0 Å². The molecular formula is C20H19BrN4O4. The maximum absolute atomic E-state index is 12.8. The number of nitro benzene ring substituents is 1. The van der Waals surface area contributed by atoms with Crippen LogP contribution in [-0.4, -0.2) is 32.6 Å². The molecule has 0 saturated carbocycles. The SMILES string of the molecule is CN(Cc1c(Br)cnn1C)C(=O)c1cccc(COc2ccc([N+](=O)[O-])cc2)c1. The summed E-state index contributed by atoms with van der Waals surface area (Å²) in [5.74, 6) is 0.404. The van der Waals surface area contributed by atoms with Crippen LogP contribution in [0.2, 0.25) is 0 Å². The Kier molecular flexibility index (Phi) is 6.28. The van der Waals surface area contributed by atoms with Gasteiger partial charge in [0, 0.05) is 31.8 Å². The van der Waals surface area contributed by atoms with E-state index in [0.29, 0.717) is 17.9 Å². The smallest absolute Gasteiger partial charge is 0.269 e. The number of hydrogen-bond donors (Lipinski definition) is 0. The van der Waals surface area contributed by atoms with Gasteiger partial charge in [-0.05, 0) is 45.8 Å². The minimum Gasteiger partial charge on any atom is -0.489 e. The molecular weight excluding hydrogens is 440 g/mol. The fraction of sp³-hybridized carbons (Fsp3) is 0.200. The van der Waals surface area contributed by atoms with Gasteiger partial charge in [0.25, 0.3) is 11.6 Å². The number of amides is 1. The zero-order valence-electron chi connectivity index (χ0n) is 15.9. The number of nitro groups is 1. The molecule has 0 saturated heterocycles. The van der Waals surface area contributed by atoms with Crippen LogP contribution in [0.1, 0.15) is 21.6 Å². The lowest BCUT2D eigenvalue weighted by molar-refractivity contribution is -0.384. The van der Waals surface area contributed by atoms with Gasteiger partial charge in [-0.2, -0.15) is 5.10 Å². The Morgan fingerprint density at radius 1 is 1.28 bits per heavy atom. The van der Waals surface area contributed by atoms with E-state index < -0.39 is 4.92 Å². The topological polar surface area (TPSA) is 90.5 Å². The molecule has 2 aromatic carbocycles. The summed E-state index contributed by atoms with van der Waals surface area (Å²) in [6, 6.07) is 13.1. The molecule has 1 aromatic heterocycles. The minimum absolute atomic E-state index is 0.00744.